The third-order valence-electron chi connectivity index (χ3n) is 4.48. The molecule has 10 heteroatoms. The van der Waals surface area contributed by atoms with E-state index in [1.807, 2.05) is 0 Å². The number of alkyl halides is 3. The first-order chi connectivity index (χ1) is 16.5. The third kappa shape index (κ3) is 7.46. The monoisotopic (exact) mass is 493 g/mol. The van der Waals surface area contributed by atoms with Gasteiger partial charge in [0.2, 0.25) is 0 Å². The molecule has 35 heavy (non-hydrogen) atoms. The number of hydrogen-bond donors (Lipinski definition) is 1. The van der Waals surface area contributed by atoms with Gasteiger partial charge in [-0.25, -0.2) is 13.6 Å². The number of rotatable bonds is 8. The van der Waals surface area contributed by atoms with E-state index >= 15 is 0 Å². The maximum atomic E-state index is 13.5. The molecular formula is C25H20F5NO4. The van der Waals surface area contributed by atoms with Crippen molar-refractivity contribution in [2.24, 2.45) is 0 Å². The minimum Gasteiger partial charge on any atom is -0.462 e. The van der Waals surface area contributed by atoms with Crippen LogP contribution in [0.2, 0.25) is 0 Å². The first-order valence-electron chi connectivity index (χ1n) is 10.3. The second kappa shape index (κ2) is 10.9. The van der Waals surface area contributed by atoms with Crippen molar-refractivity contribution in [2.45, 2.75) is 20.2 Å². The Morgan fingerprint density at radius 1 is 0.857 bits per heavy atom. The van der Waals surface area contributed by atoms with Crippen molar-refractivity contribution in [3.63, 3.8) is 0 Å². The van der Waals surface area contributed by atoms with E-state index in [2.05, 4.69) is 10.1 Å². The molecule has 0 atom stereocenters. The van der Waals surface area contributed by atoms with Crippen LogP contribution < -0.4 is 14.8 Å². The number of carbonyl (C=O) groups is 1. The number of benzene rings is 3. The lowest BCUT2D eigenvalue weighted by Crippen LogP contribution is -2.16. The molecule has 0 aliphatic carbocycles. The number of anilines is 1. The Morgan fingerprint density at radius 2 is 1.37 bits per heavy atom. The van der Waals surface area contributed by atoms with Crippen LogP contribution in [0.15, 0.2) is 72.4 Å². The zero-order chi connectivity index (χ0) is 25.6. The average molecular weight is 493 g/mol. The van der Waals surface area contributed by atoms with Gasteiger partial charge < -0.3 is 19.5 Å². The van der Waals surface area contributed by atoms with Crippen LogP contribution in [0, 0.1) is 11.6 Å². The quantitative estimate of drug-likeness (QED) is 0.207. The molecule has 3 aromatic carbocycles. The molecule has 0 heterocycles. The third-order valence-corrected chi connectivity index (χ3v) is 4.48. The molecule has 0 amide bonds. The number of carbonyl (C=O) groups excluding carboxylic acids is 1. The Kier molecular flexibility index (Phi) is 7.95. The molecule has 3 aromatic rings. The zero-order valence-electron chi connectivity index (χ0n) is 18.6. The van der Waals surface area contributed by atoms with Gasteiger partial charge in [0, 0.05) is 17.5 Å². The summed E-state index contributed by atoms with van der Waals surface area (Å²) in [6.07, 6.45) is -4.79. The topological polar surface area (TPSA) is 56.8 Å². The SMILES string of the molecule is CCOC(=O)C(=C(C)Nc1cc(F)cc(F)c1)c1ccc(Oc2ccc(OC(F)(F)F)cc2)cc1. The van der Waals surface area contributed by atoms with Gasteiger partial charge in [-0.3, -0.25) is 0 Å². The van der Waals surface area contributed by atoms with Gasteiger partial charge in [0.25, 0.3) is 0 Å². The lowest BCUT2D eigenvalue weighted by Gasteiger charge is -2.15. The highest BCUT2D eigenvalue weighted by molar-refractivity contribution is 6.17. The Bertz CT molecular complexity index is 1190. The Morgan fingerprint density at radius 3 is 1.89 bits per heavy atom. The molecule has 5 nitrogen and oxygen atoms in total. The van der Waals surface area contributed by atoms with Gasteiger partial charge in [0.15, 0.2) is 0 Å². The number of hydrogen-bond acceptors (Lipinski definition) is 5. The summed E-state index contributed by atoms with van der Waals surface area (Å²) in [4.78, 5) is 12.6. The standard InChI is InChI=1S/C25H20F5NO4/c1-3-33-24(32)23(15(2)31-19-13-17(26)12-18(27)14-19)16-4-6-20(7-5-16)34-21-8-10-22(11-9-21)35-25(28,29)30/h4-14,31H,3H2,1-2H3. The lowest BCUT2D eigenvalue weighted by atomic mass is 10.0. The molecule has 0 bridgehead atoms. The average Bonchev–Trinajstić information content (AvgIpc) is 2.75. The van der Waals surface area contributed by atoms with Crippen molar-refractivity contribution in [1.29, 1.82) is 0 Å². The van der Waals surface area contributed by atoms with Crippen molar-refractivity contribution in [3.05, 3.63) is 89.6 Å². The minimum atomic E-state index is -4.79. The summed E-state index contributed by atoms with van der Waals surface area (Å²) in [5.74, 6) is -1.98. The number of halogens is 5. The summed E-state index contributed by atoms with van der Waals surface area (Å²) in [6, 6.07) is 14.0. The number of nitrogens with one attached hydrogen (secondary N) is 1. The zero-order valence-corrected chi connectivity index (χ0v) is 18.6. The molecule has 0 spiro atoms. The maximum absolute atomic E-state index is 13.5. The number of esters is 1. The van der Waals surface area contributed by atoms with Gasteiger partial charge in [-0.05, 0) is 67.9 Å². The van der Waals surface area contributed by atoms with Gasteiger partial charge in [0.05, 0.1) is 12.2 Å². The fraction of sp³-hybridized carbons (Fsp3) is 0.160. The Balaban J connectivity index is 1.82. The fourth-order valence-electron chi connectivity index (χ4n) is 3.13. The van der Waals surface area contributed by atoms with Crippen molar-refractivity contribution < 1.29 is 41.0 Å². The van der Waals surface area contributed by atoms with Gasteiger partial charge >= 0.3 is 12.3 Å². The predicted molar refractivity (Wildman–Crippen MR) is 119 cm³/mol. The summed E-state index contributed by atoms with van der Waals surface area (Å²) in [6.45, 7) is 3.31. The first kappa shape index (κ1) is 25.5. The van der Waals surface area contributed by atoms with Crippen LogP contribution in [0.3, 0.4) is 0 Å². The van der Waals surface area contributed by atoms with Crippen molar-refractivity contribution >= 4 is 17.2 Å². The molecule has 184 valence electrons. The highest BCUT2D eigenvalue weighted by atomic mass is 19.4. The molecule has 0 unspecified atom stereocenters. The predicted octanol–water partition coefficient (Wildman–Crippen LogP) is 7.06. The Labute approximate surface area is 197 Å². The normalized spacial score (nSPS) is 12.0. The van der Waals surface area contributed by atoms with Crippen LogP contribution in [0.4, 0.5) is 27.6 Å². The van der Waals surface area contributed by atoms with Gasteiger partial charge in [-0.1, -0.05) is 12.1 Å². The van der Waals surface area contributed by atoms with Crippen LogP contribution >= 0.6 is 0 Å². The van der Waals surface area contributed by atoms with E-state index in [0.29, 0.717) is 17.0 Å². The molecule has 0 radical (unpaired) electrons. The maximum Gasteiger partial charge on any atom is 0.573 e. The summed E-state index contributed by atoms with van der Waals surface area (Å²) < 4.78 is 78.5. The number of allylic oxidation sites excluding steroid dienone is 1. The van der Waals surface area contributed by atoms with E-state index in [1.54, 1.807) is 38.1 Å². The highest BCUT2D eigenvalue weighted by Gasteiger charge is 2.31. The first-order valence-corrected chi connectivity index (χ1v) is 10.3. The second-order valence-electron chi connectivity index (χ2n) is 7.15. The lowest BCUT2D eigenvalue weighted by molar-refractivity contribution is -0.274. The van der Waals surface area contributed by atoms with Crippen LogP contribution in [-0.2, 0) is 9.53 Å². The molecule has 0 fully saturated rings. The second-order valence-corrected chi connectivity index (χ2v) is 7.15. The van der Waals surface area contributed by atoms with E-state index < -0.39 is 24.0 Å². The number of ether oxygens (including phenoxy) is 3. The summed E-state index contributed by atoms with van der Waals surface area (Å²) in [5, 5.41) is 2.81. The molecule has 1 N–H and O–H groups in total. The van der Waals surface area contributed by atoms with E-state index in [0.717, 1.165) is 30.3 Å². The summed E-state index contributed by atoms with van der Waals surface area (Å²) in [5.41, 5.74) is 0.977. The molecule has 0 saturated carbocycles. The largest absolute Gasteiger partial charge is 0.573 e. The Hall–Kier alpha value is -4.08. The molecule has 0 aliphatic heterocycles. The van der Waals surface area contributed by atoms with Crippen molar-refractivity contribution in [1.82, 2.24) is 0 Å². The molecule has 0 saturated heterocycles. The minimum absolute atomic E-state index is 0.111. The molecule has 0 aromatic heterocycles. The van der Waals surface area contributed by atoms with E-state index in [-0.39, 0.29) is 29.4 Å². The van der Waals surface area contributed by atoms with Crippen molar-refractivity contribution in [2.75, 3.05) is 11.9 Å². The van der Waals surface area contributed by atoms with Gasteiger partial charge in [-0.2, -0.15) is 0 Å². The summed E-state index contributed by atoms with van der Waals surface area (Å²) >= 11 is 0. The van der Waals surface area contributed by atoms with Crippen LogP contribution in [0.5, 0.6) is 17.2 Å². The van der Waals surface area contributed by atoms with Gasteiger partial charge in [0.1, 0.15) is 28.9 Å². The van der Waals surface area contributed by atoms with E-state index in [1.165, 1.54) is 12.1 Å². The summed E-state index contributed by atoms with van der Waals surface area (Å²) in [7, 11) is 0. The van der Waals surface area contributed by atoms with E-state index in [4.69, 9.17) is 9.47 Å². The van der Waals surface area contributed by atoms with Crippen LogP contribution in [0.1, 0.15) is 19.4 Å². The van der Waals surface area contributed by atoms with E-state index in [9.17, 15) is 26.7 Å². The van der Waals surface area contributed by atoms with Crippen molar-refractivity contribution in [3.8, 4) is 17.2 Å². The van der Waals surface area contributed by atoms with Crippen LogP contribution in [0.25, 0.3) is 5.57 Å². The molecule has 0 aliphatic rings. The molecule has 3 rings (SSSR count). The fourth-order valence-corrected chi connectivity index (χ4v) is 3.13. The highest BCUT2D eigenvalue weighted by Crippen LogP contribution is 2.29. The van der Waals surface area contributed by atoms with Gasteiger partial charge in [-0.15, -0.1) is 13.2 Å². The van der Waals surface area contributed by atoms with Crippen LogP contribution in [-0.4, -0.2) is 18.9 Å². The smallest absolute Gasteiger partial charge is 0.462 e. The molecular weight excluding hydrogens is 473 g/mol.